The first-order valence-electron chi connectivity index (χ1n) is 6.41. The first kappa shape index (κ1) is 20.4. The fraction of sp³-hybridized carbons (Fsp3) is 0.833. The van der Waals surface area contributed by atoms with Crippen LogP contribution in [-0.4, -0.2) is 28.0 Å². The van der Waals surface area contributed by atoms with E-state index in [0.29, 0.717) is 0 Å². The second-order valence-corrected chi connectivity index (χ2v) is 5.86. The Hall–Kier alpha value is -0.890. The lowest BCUT2D eigenvalue weighted by Crippen LogP contribution is -2.16. The summed E-state index contributed by atoms with van der Waals surface area (Å²) in [6.45, 7) is 6.14. The number of hydrogen-bond acceptors (Lipinski definition) is 4. The summed E-state index contributed by atoms with van der Waals surface area (Å²) < 4.78 is 15.5. The minimum absolute atomic E-state index is 0.000405. The second kappa shape index (κ2) is 12.2. The lowest BCUT2D eigenvalue weighted by atomic mass is 10.2. The predicted molar refractivity (Wildman–Crippen MR) is 72.5 cm³/mol. The number of carbonyl (C=O) groups excluding carboxylic acids is 1. The third-order valence-electron chi connectivity index (χ3n) is 2.27. The molecule has 2 N–H and O–H groups in total. The Labute approximate surface area is 114 Å². The zero-order valence-corrected chi connectivity index (χ0v) is 12.7. The molecule has 0 saturated heterocycles. The molecule has 0 heterocycles. The molecule has 6 nitrogen and oxygen atoms in total. The van der Waals surface area contributed by atoms with E-state index in [4.69, 9.17) is 15.0 Å². The van der Waals surface area contributed by atoms with E-state index in [1.165, 1.54) is 12.8 Å². The number of hydrogen-bond donors (Lipinski definition) is 2. The Kier molecular flexibility index (Phi) is 13.1. The van der Waals surface area contributed by atoms with Gasteiger partial charge in [0.1, 0.15) is 0 Å². The maximum absolute atomic E-state index is 11.0. The zero-order chi connectivity index (χ0) is 15.3. The average Bonchev–Trinajstić information content (AvgIpc) is 2.33. The van der Waals surface area contributed by atoms with Crippen molar-refractivity contribution in [3.63, 3.8) is 0 Å². The molecule has 0 aliphatic heterocycles. The van der Waals surface area contributed by atoms with Crippen LogP contribution in [-0.2, 0) is 14.1 Å². The van der Waals surface area contributed by atoms with E-state index in [-0.39, 0.29) is 25.9 Å². The van der Waals surface area contributed by atoms with Gasteiger partial charge in [0.05, 0.1) is 24.8 Å². The van der Waals surface area contributed by atoms with Gasteiger partial charge in [0.2, 0.25) is 0 Å². The number of carbonyl (C=O) groups is 1. The van der Waals surface area contributed by atoms with E-state index in [2.05, 4.69) is 18.6 Å². The summed E-state index contributed by atoms with van der Waals surface area (Å²) in [5, 5.41) is 8.30. The maximum Gasteiger partial charge on any atom is 0.329 e. The SMILES string of the molecule is CCCC.CCOC(=O)CC(CCC#N)P(=O)(O)O. The molecule has 0 rings (SSSR count). The van der Waals surface area contributed by atoms with Gasteiger partial charge < -0.3 is 14.5 Å². The molecule has 0 aromatic carbocycles. The van der Waals surface area contributed by atoms with Crippen LogP contribution in [0.4, 0.5) is 0 Å². The first-order valence-corrected chi connectivity index (χ1v) is 8.09. The molecule has 0 aliphatic carbocycles. The first-order chi connectivity index (χ1) is 8.83. The van der Waals surface area contributed by atoms with E-state index in [9.17, 15) is 9.36 Å². The van der Waals surface area contributed by atoms with Crippen molar-refractivity contribution < 1.29 is 23.9 Å². The molecule has 0 radical (unpaired) electrons. The smallest absolute Gasteiger partial charge is 0.329 e. The van der Waals surface area contributed by atoms with Crippen LogP contribution in [0.15, 0.2) is 0 Å². The van der Waals surface area contributed by atoms with Gasteiger partial charge >= 0.3 is 13.6 Å². The fourth-order valence-electron chi connectivity index (χ4n) is 1.03. The summed E-state index contributed by atoms with van der Waals surface area (Å²) in [5.74, 6) is -0.649. The van der Waals surface area contributed by atoms with Crippen molar-refractivity contribution in [2.75, 3.05) is 6.61 Å². The van der Waals surface area contributed by atoms with Gasteiger partial charge in [0.15, 0.2) is 0 Å². The van der Waals surface area contributed by atoms with Crippen molar-refractivity contribution in [2.24, 2.45) is 0 Å². The summed E-state index contributed by atoms with van der Waals surface area (Å²) in [7, 11) is -4.34. The Morgan fingerprint density at radius 1 is 1.32 bits per heavy atom. The van der Waals surface area contributed by atoms with Crippen LogP contribution in [0, 0.1) is 11.3 Å². The monoisotopic (exact) mass is 293 g/mol. The van der Waals surface area contributed by atoms with Crippen molar-refractivity contribution >= 4 is 13.6 Å². The van der Waals surface area contributed by atoms with E-state index >= 15 is 0 Å². The molecule has 0 bridgehead atoms. The molecule has 7 heteroatoms. The molecule has 0 aromatic rings. The van der Waals surface area contributed by atoms with Crippen LogP contribution >= 0.6 is 7.60 Å². The minimum Gasteiger partial charge on any atom is -0.466 e. The topological polar surface area (TPSA) is 108 Å². The van der Waals surface area contributed by atoms with E-state index in [0.717, 1.165) is 0 Å². The van der Waals surface area contributed by atoms with Crippen molar-refractivity contribution in [3.8, 4) is 6.07 Å². The second-order valence-electron chi connectivity index (χ2n) is 3.95. The van der Waals surface area contributed by atoms with Crippen LogP contribution in [0.25, 0.3) is 0 Å². The van der Waals surface area contributed by atoms with Gasteiger partial charge in [-0.25, -0.2) is 0 Å². The van der Waals surface area contributed by atoms with E-state index in [1.807, 2.05) is 0 Å². The lowest BCUT2D eigenvalue weighted by Gasteiger charge is -2.15. The number of nitrogens with zero attached hydrogens (tertiary/aromatic N) is 1. The molecule has 0 aliphatic rings. The highest BCUT2D eigenvalue weighted by Crippen LogP contribution is 2.45. The summed E-state index contributed by atoms with van der Waals surface area (Å²) in [4.78, 5) is 28.8. The number of unbranched alkanes of at least 4 members (excludes halogenated alkanes) is 1. The quantitative estimate of drug-likeness (QED) is 0.551. The number of rotatable bonds is 7. The normalized spacial score (nSPS) is 11.8. The number of esters is 1. The molecule has 1 unspecified atom stereocenters. The van der Waals surface area contributed by atoms with Crippen LogP contribution < -0.4 is 0 Å². The summed E-state index contributed by atoms with van der Waals surface area (Å²) in [6.07, 6.45) is 2.30. The van der Waals surface area contributed by atoms with Crippen LogP contribution in [0.5, 0.6) is 0 Å². The van der Waals surface area contributed by atoms with Crippen molar-refractivity contribution in [3.05, 3.63) is 0 Å². The molecule has 112 valence electrons. The maximum atomic E-state index is 11.0. The van der Waals surface area contributed by atoms with Gasteiger partial charge in [0, 0.05) is 6.42 Å². The zero-order valence-electron chi connectivity index (χ0n) is 11.8. The Morgan fingerprint density at radius 3 is 2.16 bits per heavy atom. The lowest BCUT2D eigenvalue weighted by molar-refractivity contribution is -0.143. The Balaban J connectivity index is 0. The van der Waals surface area contributed by atoms with Gasteiger partial charge in [-0.3, -0.25) is 9.36 Å². The average molecular weight is 293 g/mol. The highest BCUT2D eigenvalue weighted by atomic mass is 31.2. The molecule has 0 aromatic heterocycles. The molecule has 0 saturated carbocycles. The van der Waals surface area contributed by atoms with Gasteiger partial charge in [-0.2, -0.15) is 5.26 Å². The van der Waals surface area contributed by atoms with E-state index in [1.54, 1.807) is 13.0 Å². The summed E-state index contributed by atoms with van der Waals surface area (Å²) >= 11 is 0. The molecule has 0 spiro atoms. The third kappa shape index (κ3) is 13.3. The number of ether oxygens (including phenoxy) is 1. The summed E-state index contributed by atoms with van der Waals surface area (Å²) in [5.41, 5.74) is -1.11. The molecular formula is C12H24NO5P. The van der Waals surface area contributed by atoms with Crippen LogP contribution in [0.1, 0.15) is 52.9 Å². The van der Waals surface area contributed by atoms with Gasteiger partial charge in [-0.1, -0.05) is 26.7 Å². The van der Waals surface area contributed by atoms with E-state index < -0.39 is 19.2 Å². The van der Waals surface area contributed by atoms with Gasteiger partial charge in [-0.05, 0) is 13.3 Å². The molecule has 1 atom stereocenters. The summed E-state index contributed by atoms with van der Waals surface area (Å²) in [6, 6.07) is 1.78. The van der Waals surface area contributed by atoms with Crippen molar-refractivity contribution in [2.45, 2.75) is 58.5 Å². The number of nitriles is 1. The molecule has 19 heavy (non-hydrogen) atoms. The molecular weight excluding hydrogens is 269 g/mol. The minimum atomic E-state index is -4.34. The van der Waals surface area contributed by atoms with Crippen molar-refractivity contribution in [1.82, 2.24) is 0 Å². The molecule has 0 fully saturated rings. The Bertz CT molecular complexity index is 319. The van der Waals surface area contributed by atoms with Gasteiger partial charge in [-0.15, -0.1) is 0 Å². The highest BCUT2D eigenvalue weighted by molar-refractivity contribution is 7.52. The standard InChI is InChI=1S/C8H14NO5P.C4H10/c1-2-14-8(10)6-7(4-3-5-9)15(11,12)13;1-3-4-2/h7H,2-4,6H2,1H3,(H2,11,12,13);3-4H2,1-2H3. The van der Waals surface area contributed by atoms with Gasteiger partial charge in [0.25, 0.3) is 0 Å². The Morgan fingerprint density at radius 2 is 1.84 bits per heavy atom. The van der Waals surface area contributed by atoms with Crippen LogP contribution in [0.2, 0.25) is 0 Å². The molecule has 0 amide bonds. The third-order valence-corrected chi connectivity index (χ3v) is 3.66. The fourth-order valence-corrected chi connectivity index (χ4v) is 1.88. The largest absolute Gasteiger partial charge is 0.466 e. The predicted octanol–water partition coefficient (Wildman–Crippen LogP) is 2.60. The van der Waals surface area contributed by atoms with Crippen molar-refractivity contribution in [1.29, 1.82) is 5.26 Å². The highest BCUT2D eigenvalue weighted by Gasteiger charge is 2.30. The van der Waals surface area contributed by atoms with Crippen LogP contribution in [0.3, 0.4) is 0 Å².